The Kier molecular flexibility index (Phi) is 4.74. The largest absolute Gasteiger partial charge is 0.350 e. The zero-order valence-electron chi connectivity index (χ0n) is 11.5. The van der Waals surface area contributed by atoms with Crippen molar-refractivity contribution in [1.82, 2.24) is 20.1 Å². The molecule has 5 nitrogen and oxygen atoms in total. The number of aromatic nitrogens is 3. The molecule has 0 atom stereocenters. The topological polar surface area (TPSA) is 59.8 Å². The molecule has 0 aliphatic rings. The van der Waals surface area contributed by atoms with Crippen molar-refractivity contribution in [3.8, 4) is 0 Å². The first kappa shape index (κ1) is 14.5. The van der Waals surface area contributed by atoms with Crippen LogP contribution < -0.4 is 5.32 Å². The second-order valence-corrected chi connectivity index (χ2v) is 5.17. The van der Waals surface area contributed by atoms with Gasteiger partial charge in [-0.2, -0.15) is 5.10 Å². The monoisotopic (exact) mass is 292 g/mol. The third-order valence-corrected chi connectivity index (χ3v) is 3.05. The summed E-state index contributed by atoms with van der Waals surface area (Å²) in [5.41, 5.74) is 1.35. The van der Waals surface area contributed by atoms with Crippen LogP contribution in [0.2, 0.25) is 5.15 Å². The maximum atomic E-state index is 12.1. The molecule has 1 N–H and O–H groups in total. The van der Waals surface area contributed by atoms with Crippen molar-refractivity contribution in [2.45, 2.75) is 26.3 Å². The third kappa shape index (κ3) is 3.81. The highest BCUT2D eigenvalue weighted by Crippen LogP contribution is 2.17. The molecule has 6 heteroatoms. The van der Waals surface area contributed by atoms with Gasteiger partial charge in [0, 0.05) is 30.2 Å². The maximum absolute atomic E-state index is 12.1. The first-order valence-electron chi connectivity index (χ1n) is 6.49. The Labute approximate surface area is 123 Å². The average molecular weight is 293 g/mol. The van der Waals surface area contributed by atoms with Crippen LogP contribution in [0.5, 0.6) is 0 Å². The Bertz CT molecular complexity index is 581. The van der Waals surface area contributed by atoms with E-state index in [1.54, 1.807) is 23.0 Å². The number of pyridine rings is 1. The molecule has 2 heterocycles. The van der Waals surface area contributed by atoms with Crippen LogP contribution in [0.25, 0.3) is 0 Å². The molecule has 0 spiro atoms. The van der Waals surface area contributed by atoms with Crippen molar-refractivity contribution < 1.29 is 4.79 Å². The number of hydrogen-bond donors (Lipinski definition) is 1. The minimum atomic E-state index is -0.150. The van der Waals surface area contributed by atoms with E-state index < -0.39 is 0 Å². The molecule has 0 unspecified atom stereocenters. The molecule has 0 aromatic carbocycles. The molecule has 1 amide bonds. The summed E-state index contributed by atoms with van der Waals surface area (Å²) in [4.78, 5) is 16.3. The second kappa shape index (κ2) is 6.52. The van der Waals surface area contributed by atoms with Gasteiger partial charge in [-0.1, -0.05) is 25.4 Å². The molecule has 0 bridgehead atoms. The molecule has 0 saturated heterocycles. The van der Waals surface area contributed by atoms with E-state index in [1.807, 2.05) is 26.1 Å². The number of nitrogens with zero attached hydrogens (tertiary/aromatic N) is 3. The van der Waals surface area contributed by atoms with Crippen molar-refractivity contribution in [2.75, 3.05) is 6.54 Å². The molecular weight excluding hydrogens is 276 g/mol. The second-order valence-electron chi connectivity index (χ2n) is 4.78. The van der Waals surface area contributed by atoms with Crippen molar-refractivity contribution in [3.63, 3.8) is 0 Å². The van der Waals surface area contributed by atoms with E-state index in [0.29, 0.717) is 23.8 Å². The first-order valence-corrected chi connectivity index (χ1v) is 6.87. The summed E-state index contributed by atoms with van der Waals surface area (Å²) >= 11 is 5.95. The van der Waals surface area contributed by atoms with Gasteiger partial charge in [0.1, 0.15) is 5.15 Å². The van der Waals surface area contributed by atoms with Gasteiger partial charge in [-0.3, -0.25) is 9.48 Å². The van der Waals surface area contributed by atoms with Crippen molar-refractivity contribution in [1.29, 1.82) is 0 Å². The summed E-state index contributed by atoms with van der Waals surface area (Å²) < 4.78 is 1.76. The lowest BCUT2D eigenvalue weighted by Crippen LogP contribution is -2.27. The Morgan fingerprint density at radius 1 is 1.45 bits per heavy atom. The van der Waals surface area contributed by atoms with Gasteiger partial charge >= 0.3 is 0 Å². The summed E-state index contributed by atoms with van der Waals surface area (Å²) in [6, 6.07) is 5.20. The lowest BCUT2D eigenvalue weighted by molar-refractivity contribution is 0.0951. The standard InChI is InChI=1S/C14H17ClN4O/c1-10(2)12-8-11(9-13(15)18-12)14(20)16-5-7-19-6-3-4-17-19/h3-4,6,8-10H,5,7H2,1-2H3,(H,16,20). The van der Waals surface area contributed by atoms with Crippen LogP contribution in [-0.2, 0) is 6.54 Å². The summed E-state index contributed by atoms with van der Waals surface area (Å²) in [6.07, 6.45) is 3.56. The van der Waals surface area contributed by atoms with Crippen molar-refractivity contribution in [2.24, 2.45) is 0 Å². The van der Waals surface area contributed by atoms with Crippen molar-refractivity contribution in [3.05, 3.63) is 47.0 Å². The molecule has 2 aromatic heterocycles. The van der Waals surface area contributed by atoms with Gasteiger partial charge in [-0.15, -0.1) is 0 Å². The maximum Gasteiger partial charge on any atom is 0.251 e. The summed E-state index contributed by atoms with van der Waals surface area (Å²) in [6.45, 7) is 5.17. The van der Waals surface area contributed by atoms with E-state index >= 15 is 0 Å². The summed E-state index contributed by atoms with van der Waals surface area (Å²) in [5, 5.41) is 7.26. The van der Waals surface area contributed by atoms with Gasteiger partial charge in [-0.05, 0) is 24.1 Å². The lowest BCUT2D eigenvalue weighted by atomic mass is 10.1. The molecule has 0 aliphatic heterocycles. The molecule has 0 aliphatic carbocycles. The normalized spacial score (nSPS) is 10.8. The van der Waals surface area contributed by atoms with Crippen LogP contribution in [0, 0.1) is 0 Å². The van der Waals surface area contributed by atoms with Crippen molar-refractivity contribution >= 4 is 17.5 Å². The number of amides is 1. The first-order chi connectivity index (χ1) is 9.56. The SMILES string of the molecule is CC(C)c1cc(C(=O)NCCn2cccn2)cc(Cl)n1. The van der Waals surface area contributed by atoms with Gasteiger partial charge in [0.15, 0.2) is 0 Å². The molecule has 20 heavy (non-hydrogen) atoms. The summed E-state index contributed by atoms with van der Waals surface area (Å²) in [5.74, 6) is 0.0766. The van der Waals surface area contributed by atoms with Gasteiger partial charge in [-0.25, -0.2) is 4.98 Å². The number of rotatable bonds is 5. The number of carbonyl (C=O) groups is 1. The molecule has 106 valence electrons. The molecule has 2 aromatic rings. The minimum Gasteiger partial charge on any atom is -0.350 e. The van der Waals surface area contributed by atoms with E-state index in [4.69, 9.17) is 11.6 Å². The van der Waals surface area contributed by atoms with Gasteiger partial charge in [0.2, 0.25) is 0 Å². The molecule has 0 radical (unpaired) electrons. The summed E-state index contributed by atoms with van der Waals surface area (Å²) in [7, 11) is 0. The number of carbonyl (C=O) groups excluding carboxylic acids is 1. The predicted molar refractivity (Wildman–Crippen MR) is 77.9 cm³/mol. The van der Waals surface area contributed by atoms with E-state index in [9.17, 15) is 4.79 Å². The van der Waals surface area contributed by atoms with E-state index in [2.05, 4.69) is 15.4 Å². The Morgan fingerprint density at radius 3 is 2.90 bits per heavy atom. The predicted octanol–water partition coefficient (Wildman–Crippen LogP) is 2.48. The number of nitrogens with one attached hydrogen (secondary N) is 1. The number of hydrogen-bond acceptors (Lipinski definition) is 3. The highest BCUT2D eigenvalue weighted by molar-refractivity contribution is 6.29. The quantitative estimate of drug-likeness (QED) is 0.861. The average Bonchev–Trinajstić information content (AvgIpc) is 2.91. The van der Waals surface area contributed by atoms with Crippen LogP contribution in [0.3, 0.4) is 0 Å². The Hall–Kier alpha value is -1.88. The highest BCUT2D eigenvalue weighted by atomic mass is 35.5. The fraction of sp³-hybridized carbons (Fsp3) is 0.357. The van der Waals surface area contributed by atoms with E-state index in [-0.39, 0.29) is 11.8 Å². The van der Waals surface area contributed by atoms with Gasteiger partial charge < -0.3 is 5.32 Å². The van der Waals surface area contributed by atoms with Crippen LogP contribution in [0.15, 0.2) is 30.6 Å². The lowest BCUT2D eigenvalue weighted by Gasteiger charge is -2.09. The minimum absolute atomic E-state index is 0.150. The molecular formula is C14H17ClN4O. The Balaban J connectivity index is 1.98. The zero-order valence-corrected chi connectivity index (χ0v) is 12.3. The zero-order chi connectivity index (χ0) is 14.5. The van der Waals surface area contributed by atoms with Crippen LogP contribution in [-0.4, -0.2) is 27.2 Å². The smallest absolute Gasteiger partial charge is 0.251 e. The van der Waals surface area contributed by atoms with Crippen LogP contribution in [0.4, 0.5) is 0 Å². The fourth-order valence-corrected chi connectivity index (χ4v) is 1.98. The molecule has 0 saturated carbocycles. The molecule has 2 rings (SSSR count). The number of halogens is 1. The molecule has 0 fully saturated rings. The highest BCUT2D eigenvalue weighted by Gasteiger charge is 2.10. The Morgan fingerprint density at radius 2 is 2.25 bits per heavy atom. The van der Waals surface area contributed by atoms with E-state index in [1.165, 1.54) is 0 Å². The van der Waals surface area contributed by atoms with Gasteiger partial charge in [0.05, 0.1) is 6.54 Å². The fourth-order valence-electron chi connectivity index (χ4n) is 1.76. The van der Waals surface area contributed by atoms with E-state index in [0.717, 1.165) is 5.69 Å². The van der Waals surface area contributed by atoms with Crippen LogP contribution in [0.1, 0.15) is 35.8 Å². The van der Waals surface area contributed by atoms with Gasteiger partial charge in [0.25, 0.3) is 5.91 Å². The third-order valence-electron chi connectivity index (χ3n) is 2.85. The van der Waals surface area contributed by atoms with Crippen LogP contribution >= 0.6 is 11.6 Å².